The van der Waals surface area contributed by atoms with Crippen molar-refractivity contribution in [3.63, 3.8) is 0 Å². The number of ether oxygens (including phenoxy) is 1. The Morgan fingerprint density at radius 3 is 2.58 bits per heavy atom. The van der Waals surface area contributed by atoms with Gasteiger partial charge in [-0.3, -0.25) is 9.78 Å². The summed E-state index contributed by atoms with van der Waals surface area (Å²) in [5.74, 6) is 1.57. The van der Waals surface area contributed by atoms with E-state index in [4.69, 9.17) is 10.5 Å². The van der Waals surface area contributed by atoms with Gasteiger partial charge >= 0.3 is 0 Å². The Labute approximate surface area is 143 Å². The summed E-state index contributed by atoms with van der Waals surface area (Å²) in [6, 6.07) is 12.9. The number of para-hydroxylation sites is 1. The zero-order valence-corrected chi connectivity index (χ0v) is 14.5. The highest BCUT2D eigenvalue weighted by atomic mass is 16.5. The molecular formula is C19H25N3O2. The van der Waals surface area contributed by atoms with Gasteiger partial charge in [-0.15, -0.1) is 0 Å². The van der Waals surface area contributed by atoms with Crippen molar-refractivity contribution in [2.45, 2.75) is 26.3 Å². The van der Waals surface area contributed by atoms with E-state index in [1.165, 1.54) is 0 Å². The van der Waals surface area contributed by atoms with Gasteiger partial charge in [0, 0.05) is 31.9 Å². The van der Waals surface area contributed by atoms with Crippen LogP contribution in [-0.2, 0) is 0 Å². The highest BCUT2D eigenvalue weighted by Gasteiger charge is 2.16. The summed E-state index contributed by atoms with van der Waals surface area (Å²) in [5, 5.41) is 0. The van der Waals surface area contributed by atoms with Crippen LogP contribution in [0, 0.1) is 5.92 Å². The first-order valence-corrected chi connectivity index (χ1v) is 8.17. The van der Waals surface area contributed by atoms with E-state index in [9.17, 15) is 4.79 Å². The van der Waals surface area contributed by atoms with Gasteiger partial charge in [-0.2, -0.15) is 0 Å². The molecule has 2 N–H and O–H groups in total. The third-order valence-corrected chi connectivity index (χ3v) is 3.93. The van der Waals surface area contributed by atoms with Crippen LogP contribution in [0.3, 0.4) is 0 Å². The summed E-state index contributed by atoms with van der Waals surface area (Å²) < 4.78 is 5.75. The third kappa shape index (κ3) is 5.06. The average molecular weight is 327 g/mol. The van der Waals surface area contributed by atoms with Crippen molar-refractivity contribution in [2.24, 2.45) is 11.7 Å². The van der Waals surface area contributed by atoms with Crippen molar-refractivity contribution < 1.29 is 9.53 Å². The fourth-order valence-corrected chi connectivity index (χ4v) is 2.19. The fourth-order valence-electron chi connectivity index (χ4n) is 2.19. The van der Waals surface area contributed by atoms with Gasteiger partial charge in [0.05, 0.1) is 0 Å². The number of hydrogen-bond acceptors (Lipinski definition) is 4. The van der Waals surface area contributed by atoms with Crippen LogP contribution in [0.5, 0.6) is 11.5 Å². The number of pyridine rings is 1. The van der Waals surface area contributed by atoms with Crippen LogP contribution in [-0.4, -0.2) is 35.4 Å². The van der Waals surface area contributed by atoms with Crippen molar-refractivity contribution in [1.29, 1.82) is 0 Å². The first-order valence-electron chi connectivity index (χ1n) is 8.17. The number of carbonyl (C=O) groups excluding carboxylic acids is 1. The molecule has 1 aromatic heterocycles. The van der Waals surface area contributed by atoms with Gasteiger partial charge in [0.25, 0.3) is 5.91 Å². The van der Waals surface area contributed by atoms with E-state index < -0.39 is 0 Å². The molecule has 0 aliphatic heterocycles. The fraction of sp³-hybridized carbons (Fsp3) is 0.368. The Hall–Kier alpha value is -2.40. The number of nitrogens with two attached hydrogens (primary N) is 1. The number of benzene rings is 1. The molecule has 0 bridgehead atoms. The second-order valence-electron chi connectivity index (χ2n) is 6.22. The Kier molecular flexibility index (Phi) is 6.32. The Morgan fingerprint density at radius 1 is 1.21 bits per heavy atom. The van der Waals surface area contributed by atoms with Gasteiger partial charge in [0.1, 0.15) is 17.2 Å². The zero-order valence-electron chi connectivity index (χ0n) is 14.5. The Morgan fingerprint density at radius 2 is 1.92 bits per heavy atom. The van der Waals surface area contributed by atoms with Gasteiger partial charge < -0.3 is 15.4 Å². The third-order valence-electron chi connectivity index (χ3n) is 3.93. The molecule has 128 valence electrons. The van der Waals surface area contributed by atoms with Crippen LogP contribution in [0.25, 0.3) is 0 Å². The minimum atomic E-state index is -0.135. The molecular weight excluding hydrogens is 302 g/mol. The quantitative estimate of drug-likeness (QED) is 0.847. The summed E-state index contributed by atoms with van der Waals surface area (Å²) in [6.45, 7) is 4.76. The van der Waals surface area contributed by atoms with E-state index in [2.05, 4.69) is 18.8 Å². The van der Waals surface area contributed by atoms with Crippen molar-refractivity contribution in [2.75, 3.05) is 13.6 Å². The first-order chi connectivity index (χ1) is 11.5. The number of rotatable bonds is 7. The number of aromatic nitrogens is 1. The SMILES string of the molecule is CC(C)C(N)CCN(C)C(=O)c1cc(Oc2ccccc2)ccn1. The molecule has 5 nitrogen and oxygen atoms in total. The predicted octanol–water partition coefficient (Wildman–Crippen LogP) is 3.32. The molecule has 0 aliphatic carbocycles. The lowest BCUT2D eigenvalue weighted by atomic mass is 10.0. The summed E-state index contributed by atoms with van der Waals surface area (Å²) in [7, 11) is 1.77. The van der Waals surface area contributed by atoms with Crippen molar-refractivity contribution >= 4 is 5.91 Å². The number of amides is 1. The van der Waals surface area contributed by atoms with Gasteiger partial charge in [0.15, 0.2) is 0 Å². The molecule has 0 aliphatic rings. The molecule has 2 aromatic rings. The van der Waals surface area contributed by atoms with Crippen LogP contribution in [0.15, 0.2) is 48.7 Å². The van der Waals surface area contributed by atoms with Crippen LogP contribution in [0.4, 0.5) is 0 Å². The number of carbonyl (C=O) groups is 1. The zero-order chi connectivity index (χ0) is 17.5. The molecule has 1 atom stereocenters. The van der Waals surface area contributed by atoms with E-state index in [0.29, 0.717) is 23.9 Å². The van der Waals surface area contributed by atoms with Crippen molar-refractivity contribution in [3.05, 3.63) is 54.4 Å². The Bertz CT molecular complexity index is 659. The highest BCUT2D eigenvalue weighted by Crippen LogP contribution is 2.21. The lowest BCUT2D eigenvalue weighted by Gasteiger charge is -2.21. The van der Waals surface area contributed by atoms with Gasteiger partial charge in [-0.05, 0) is 30.5 Å². The molecule has 2 rings (SSSR count). The molecule has 1 heterocycles. The largest absolute Gasteiger partial charge is 0.457 e. The second kappa shape index (κ2) is 8.45. The second-order valence-corrected chi connectivity index (χ2v) is 6.22. The molecule has 24 heavy (non-hydrogen) atoms. The van der Waals surface area contributed by atoms with Crippen LogP contribution in [0.1, 0.15) is 30.8 Å². The monoisotopic (exact) mass is 327 g/mol. The minimum absolute atomic E-state index is 0.0842. The first kappa shape index (κ1) is 17.9. The van der Waals surface area contributed by atoms with E-state index >= 15 is 0 Å². The topological polar surface area (TPSA) is 68.5 Å². The molecule has 1 unspecified atom stereocenters. The maximum atomic E-state index is 12.5. The predicted molar refractivity (Wildman–Crippen MR) is 95.1 cm³/mol. The average Bonchev–Trinajstić information content (AvgIpc) is 2.59. The van der Waals surface area contributed by atoms with E-state index in [1.807, 2.05) is 30.3 Å². The molecule has 0 fully saturated rings. The molecule has 0 radical (unpaired) electrons. The summed E-state index contributed by atoms with van der Waals surface area (Å²) >= 11 is 0. The maximum absolute atomic E-state index is 12.5. The Balaban J connectivity index is 2.00. The summed E-state index contributed by atoms with van der Waals surface area (Å²) in [6.07, 6.45) is 2.35. The molecule has 1 amide bonds. The molecule has 0 saturated carbocycles. The number of nitrogens with zero attached hydrogens (tertiary/aromatic N) is 2. The van der Waals surface area contributed by atoms with E-state index in [-0.39, 0.29) is 11.9 Å². The normalized spacial score (nSPS) is 12.0. The highest BCUT2D eigenvalue weighted by molar-refractivity contribution is 5.92. The molecule has 0 spiro atoms. The summed E-state index contributed by atoms with van der Waals surface area (Å²) in [4.78, 5) is 18.3. The lowest BCUT2D eigenvalue weighted by molar-refractivity contribution is 0.0783. The van der Waals surface area contributed by atoms with Crippen LogP contribution in [0.2, 0.25) is 0 Å². The van der Waals surface area contributed by atoms with Crippen LogP contribution < -0.4 is 10.5 Å². The maximum Gasteiger partial charge on any atom is 0.272 e. The standard InChI is InChI=1S/C19H25N3O2/c1-14(2)17(20)10-12-22(3)19(23)18-13-16(9-11-21-18)24-15-7-5-4-6-8-15/h4-9,11,13-14,17H,10,12,20H2,1-3H3. The van der Waals surface area contributed by atoms with Gasteiger partial charge in [-0.25, -0.2) is 0 Å². The van der Waals surface area contributed by atoms with E-state index in [0.717, 1.165) is 12.2 Å². The molecule has 1 aromatic carbocycles. The molecule has 5 heteroatoms. The van der Waals surface area contributed by atoms with Crippen molar-refractivity contribution in [1.82, 2.24) is 9.88 Å². The molecule has 0 saturated heterocycles. The van der Waals surface area contributed by atoms with Gasteiger partial charge in [0.2, 0.25) is 0 Å². The van der Waals surface area contributed by atoms with Crippen molar-refractivity contribution in [3.8, 4) is 11.5 Å². The smallest absolute Gasteiger partial charge is 0.272 e. The van der Waals surface area contributed by atoms with Gasteiger partial charge in [-0.1, -0.05) is 32.0 Å². The number of hydrogen-bond donors (Lipinski definition) is 1. The van der Waals surface area contributed by atoms with Crippen LogP contribution >= 0.6 is 0 Å². The minimum Gasteiger partial charge on any atom is -0.457 e. The summed E-state index contributed by atoms with van der Waals surface area (Å²) in [5.41, 5.74) is 6.40. The van der Waals surface area contributed by atoms with E-state index in [1.54, 1.807) is 30.3 Å². The lowest BCUT2D eigenvalue weighted by Crippen LogP contribution is -2.34.